The Hall–Kier alpha value is -2.76. The molecule has 0 aromatic heterocycles. The quantitative estimate of drug-likeness (QED) is 0.340. The summed E-state index contributed by atoms with van der Waals surface area (Å²) < 4.78 is 97.7. The first-order valence-corrected chi connectivity index (χ1v) is 9.52. The van der Waals surface area contributed by atoms with Crippen molar-refractivity contribution in [3.63, 3.8) is 0 Å². The minimum atomic E-state index is -4.66. The predicted molar refractivity (Wildman–Crippen MR) is 109 cm³/mol. The van der Waals surface area contributed by atoms with Crippen LogP contribution in [0, 0.1) is 0 Å². The van der Waals surface area contributed by atoms with Crippen LogP contribution in [0.25, 0.3) is 0 Å². The fourth-order valence-corrected chi connectivity index (χ4v) is 2.70. The van der Waals surface area contributed by atoms with Crippen molar-refractivity contribution >= 4 is 23.0 Å². The number of nitrogens with one attached hydrogen (secondary N) is 2. The van der Waals surface area contributed by atoms with Gasteiger partial charge >= 0.3 is 18.5 Å². The first kappa shape index (κ1) is 25.5. The summed E-state index contributed by atoms with van der Waals surface area (Å²) in [6.45, 7) is -1.52. The minimum Gasteiger partial charge on any atom is -0.487 e. The van der Waals surface area contributed by atoms with Gasteiger partial charge in [0.2, 0.25) is 0 Å². The van der Waals surface area contributed by atoms with Crippen LogP contribution in [0.2, 0.25) is 0 Å². The number of hydrogen-bond acceptors (Lipinski definition) is 3. The molecule has 0 heterocycles. The molecule has 2 N–H and O–H groups in total. The van der Waals surface area contributed by atoms with Crippen molar-refractivity contribution in [1.29, 1.82) is 0 Å². The molecule has 2 rings (SSSR count). The van der Waals surface area contributed by atoms with Gasteiger partial charge in [-0.05, 0) is 24.7 Å². The van der Waals surface area contributed by atoms with E-state index in [1.54, 1.807) is 0 Å². The van der Waals surface area contributed by atoms with Gasteiger partial charge in [0.05, 0.1) is 6.04 Å². The second-order valence-corrected chi connectivity index (χ2v) is 7.09. The van der Waals surface area contributed by atoms with E-state index in [2.05, 4.69) is 20.1 Å². The lowest BCUT2D eigenvalue weighted by molar-refractivity contribution is -0.153. The molecule has 4 nitrogen and oxygen atoms in total. The second-order valence-electron chi connectivity index (χ2n) is 6.68. The van der Waals surface area contributed by atoms with E-state index >= 15 is 0 Å². The summed E-state index contributed by atoms with van der Waals surface area (Å²) in [4.78, 5) is 0. The molecule has 12 heteroatoms. The van der Waals surface area contributed by atoms with Crippen molar-refractivity contribution in [2.45, 2.75) is 31.5 Å². The molecule has 0 radical (unpaired) electrons. The maximum Gasteiger partial charge on any atom is 0.422 e. The molecule has 1 unspecified atom stereocenters. The normalized spacial score (nSPS) is 12.9. The van der Waals surface area contributed by atoms with Crippen molar-refractivity contribution in [3.05, 3.63) is 54.1 Å². The van der Waals surface area contributed by atoms with Crippen molar-refractivity contribution in [1.82, 2.24) is 5.32 Å². The van der Waals surface area contributed by atoms with E-state index in [-0.39, 0.29) is 22.6 Å². The highest BCUT2D eigenvalue weighted by molar-refractivity contribution is 7.80. The molecule has 0 aliphatic rings. The maximum absolute atomic E-state index is 13.2. The van der Waals surface area contributed by atoms with E-state index in [0.29, 0.717) is 0 Å². The van der Waals surface area contributed by atoms with Crippen LogP contribution in [0.4, 0.5) is 36.4 Å². The highest BCUT2D eigenvalue weighted by Crippen LogP contribution is 2.30. The van der Waals surface area contributed by atoms with Gasteiger partial charge in [-0.3, -0.25) is 0 Å². The number of ether oxygens (including phenoxy) is 2. The molecule has 1 atom stereocenters. The summed E-state index contributed by atoms with van der Waals surface area (Å²) >= 11 is 5.18. The Morgan fingerprint density at radius 3 is 2.03 bits per heavy atom. The standard InChI is InChI=1S/C20H19F7N2O2S/c1-12(13-5-3-2-4-6-13)28-18(32)29-14-7-15(30-10-19(23,24)17(21)22)9-16(8-14)31-11-20(25,26)27/h2-9,12,17H,10-11H2,1H3,(H2,28,29,32). The number of alkyl halides is 7. The molecule has 32 heavy (non-hydrogen) atoms. The average molecular weight is 484 g/mol. The minimum absolute atomic E-state index is 0.0396. The lowest BCUT2D eigenvalue weighted by Crippen LogP contribution is -2.33. The highest BCUT2D eigenvalue weighted by atomic mass is 32.1. The van der Waals surface area contributed by atoms with Gasteiger partial charge in [-0.15, -0.1) is 0 Å². The molecule has 0 fully saturated rings. The first-order valence-electron chi connectivity index (χ1n) is 9.11. The number of hydrogen-bond donors (Lipinski definition) is 2. The van der Waals surface area contributed by atoms with Gasteiger partial charge in [-0.1, -0.05) is 30.3 Å². The smallest absolute Gasteiger partial charge is 0.422 e. The van der Waals surface area contributed by atoms with Crippen LogP contribution < -0.4 is 20.1 Å². The first-order chi connectivity index (χ1) is 14.9. The van der Waals surface area contributed by atoms with Crippen LogP contribution in [0.5, 0.6) is 11.5 Å². The summed E-state index contributed by atoms with van der Waals surface area (Å²) in [6.07, 6.45) is -8.63. The average Bonchev–Trinajstić information content (AvgIpc) is 2.70. The zero-order valence-electron chi connectivity index (χ0n) is 16.6. The molecule has 0 aliphatic heterocycles. The largest absolute Gasteiger partial charge is 0.487 e. The van der Waals surface area contributed by atoms with Gasteiger partial charge < -0.3 is 20.1 Å². The Labute approximate surface area is 184 Å². The van der Waals surface area contributed by atoms with E-state index < -0.39 is 37.5 Å². The number of anilines is 1. The van der Waals surface area contributed by atoms with Crippen LogP contribution in [-0.2, 0) is 0 Å². The third kappa shape index (κ3) is 8.40. The molecule has 0 bridgehead atoms. The molecule has 2 aromatic rings. The molecule has 0 saturated carbocycles. The molecule has 0 amide bonds. The van der Waals surface area contributed by atoms with Crippen LogP contribution in [0.3, 0.4) is 0 Å². The van der Waals surface area contributed by atoms with Crippen molar-refractivity contribution in [3.8, 4) is 11.5 Å². The molecule has 0 spiro atoms. The number of thiocarbonyl (C=S) groups is 1. The zero-order chi connectivity index (χ0) is 23.9. The number of halogens is 7. The molecule has 176 valence electrons. The van der Waals surface area contributed by atoms with Crippen molar-refractivity contribution in [2.24, 2.45) is 0 Å². The van der Waals surface area contributed by atoms with Crippen LogP contribution in [0.15, 0.2) is 48.5 Å². The Kier molecular flexibility index (Phi) is 8.53. The fraction of sp³-hybridized carbons (Fsp3) is 0.350. The summed E-state index contributed by atoms with van der Waals surface area (Å²) in [7, 11) is 0. The van der Waals surface area contributed by atoms with E-state index in [1.807, 2.05) is 37.3 Å². The van der Waals surface area contributed by atoms with E-state index in [0.717, 1.165) is 23.8 Å². The molecular formula is C20H19F7N2O2S. The third-order valence-electron chi connectivity index (χ3n) is 3.94. The SMILES string of the molecule is CC(NC(=S)Nc1cc(OCC(F)(F)F)cc(OCC(F)(F)C(F)F)c1)c1ccccc1. The van der Waals surface area contributed by atoms with E-state index in [4.69, 9.17) is 12.2 Å². The summed E-state index contributed by atoms with van der Waals surface area (Å²) in [5.41, 5.74) is 0.940. The topological polar surface area (TPSA) is 42.5 Å². The monoisotopic (exact) mass is 484 g/mol. The van der Waals surface area contributed by atoms with Crippen LogP contribution in [0.1, 0.15) is 18.5 Å². The van der Waals surface area contributed by atoms with Crippen LogP contribution >= 0.6 is 12.2 Å². The van der Waals surface area contributed by atoms with Gasteiger partial charge in [0.15, 0.2) is 18.3 Å². The Morgan fingerprint density at radius 1 is 0.938 bits per heavy atom. The Balaban J connectivity index is 2.15. The molecule has 0 saturated heterocycles. The third-order valence-corrected chi connectivity index (χ3v) is 4.16. The number of rotatable bonds is 9. The van der Waals surface area contributed by atoms with Gasteiger partial charge in [-0.25, -0.2) is 8.78 Å². The summed E-state index contributed by atoms with van der Waals surface area (Å²) in [5, 5.41) is 5.70. The van der Waals surface area contributed by atoms with E-state index in [1.165, 1.54) is 0 Å². The lowest BCUT2D eigenvalue weighted by atomic mass is 10.1. The van der Waals surface area contributed by atoms with Gasteiger partial charge in [-0.2, -0.15) is 22.0 Å². The second kappa shape index (κ2) is 10.7. The molecular weight excluding hydrogens is 465 g/mol. The Bertz CT molecular complexity index is 895. The Morgan fingerprint density at radius 2 is 1.50 bits per heavy atom. The van der Waals surface area contributed by atoms with Gasteiger partial charge in [0, 0.05) is 23.9 Å². The van der Waals surface area contributed by atoms with Crippen LogP contribution in [-0.4, -0.2) is 36.9 Å². The highest BCUT2D eigenvalue weighted by Gasteiger charge is 2.41. The lowest BCUT2D eigenvalue weighted by Gasteiger charge is -2.20. The summed E-state index contributed by atoms with van der Waals surface area (Å²) in [5.74, 6) is -5.24. The van der Waals surface area contributed by atoms with E-state index in [9.17, 15) is 30.7 Å². The van der Waals surface area contributed by atoms with Crippen molar-refractivity contribution in [2.75, 3.05) is 18.5 Å². The zero-order valence-corrected chi connectivity index (χ0v) is 17.4. The number of benzene rings is 2. The fourth-order valence-electron chi connectivity index (χ4n) is 2.41. The predicted octanol–water partition coefficient (Wildman–Crippen LogP) is 5.95. The van der Waals surface area contributed by atoms with Gasteiger partial charge in [0.1, 0.15) is 11.5 Å². The van der Waals surface area contributed by atoms with Crippen molar-refractivity contribution < 1.29 is 40.2 Å². The molecule has 2 aromatic carbocycles. The van der Waals surface area contributed by atoms with Gasteiger partial charge in [0.25, 0.3) is 0 Å². The maximum atomic E-state index is 13.2. The molecule has 0 aliphatic carbocycles. The summed E-state index contributed by atoms with van der Waals surface area (Å²) in [6, 6.07) is 12.1.